The topological polar surface area (TPSA) is 63.2 Å². The molecule has 0 amide bonds. The number of rotatable bonds is 2. The third-order valence-electron chi connectivity index (χ3n) is 4.50. The van der Waals surface area contributed by atoms with E-state index in [1.54, 1.807) is 13.8 Å². The first-order valence-electron chi connectivity index (χ1n) is 11.3. The van der Waals surface area contributed by atoms with Crippen LogP contribution in [-0.2, 0) is 28.6 Å². The first kappa shape index (κ1) is 34.8. The summed E-state index contributed by atoms with van der Waals surface area (Å²) in [6.07, 6.45) is 5.82. The normalized spacial score (nSPS) is 9.28. The van der Waals surface area contributed by atoms with Gasteiger partial charge in [0.05, 0.1) is 13.8 Å². The second-order valence-corrected chi connectivity index (χ2v) is 9.70. The molecule has 192 valence electrons. The summed E-state index contributed by atoms with van der Waals surface area (Å²) in [4.78, 5) is 0. The zero-order valence-electron chi connectivity index (χ0n) is 22.7. The van der Waals surface area contributed by atoms with Crippen LogP contribution in [0.15, 0.2) is 48.5 Å². The molecule has 0 aliphatic heterocycles. The summed E-state index contributed by atoms with van der Waals surface area (Å²) in [5.41, 5.74) is 6.02. The van der Waals surface area contributed by atoms with Crippen LogP contribution in [0.1, 0.15) is 79.1 Å². The minimum absolute atomic E-state index is 0. The Balaban J connectivity index is -0.000000605. The Morgan fingerprint density at radius 3 is 1.33 bits per heavy atom. The van der Waals surface area contributed by atoms with Gasteiger partial charge in [0.25, 0.3) is 0 Å². The Labute approximate surface area is 224 Å². The number of terminal acetylenes is 1. The van der Waals surface area contributed by atoms with E-state index in [4.69, 9.17) is 19.7 Å². The third-order valence-corrected chi connectivity index (χ3v) is 4.50. The highest BCUT2D eigenvalue weighted by atomic mass is 32.2. The molecular formula is C32H39O3S-. The third kappa shape index (κ3) is 18.0. The molecule has 0 N–H and O–H groups in total. The lowest BCUT2D eigenvalue weighted by molar-refractivity contribution is 0.419. The molecule has 0 saturated heterocycles. The van der Waals surface area contributed by atoms with Crippen molar-refractivity contribution in [3.8, 4) is 47.9 Å². The maximum Gasteiger partial charge on any atom is 0.0746 e. The van der Waals surface area contributed by atoms with Crippen LogP contribution >= 0.6 is 0 Å². The van der Waals surface area contributed by atoms with Crippen LogP contribution in [0.25, 0.3) is 0 Å². The van der Waals surface area contributed by atoms with Gasteiger partial charge in [-0.2, -0.15) is 0 Å². The Kier molecular flexibility index (Phi) is 18.2. The predicted molar refractivity (Wildman–Crippen MR) is 154 cm³/mol. The molecule has 36 heavy (non-hydrogen) atoms. The van der Waals surface area contributed by atoms with Gasteiger partial charge in [-0.15, -0.1) is 17.8 Å². The van der Waals surface area contributed by atoms with Crippen molar-refractivity contribution < 1.29 is 14.7 Å². The van der Waals surface area contributed by atoms with Crippen LogP contribution in [0.3, 0.4) is 0 Å². The van der Waals surface area contributed by atoms with Gasteiger partial charge in [0.15, 0.2) is 0 Å². The Bertz CT molecular complexity index is 1080. The average Bonchev–Trinajstić information content (AvgIpc) is 2.80. The standard InChI is InChI=1S/C21H28.C9H4.C2H5.H2O3S.H2/c1-20(2,3)18-11-7-16(8-12-18)15-17-9-13-19(14-10-17)21(4,5)6;1-3-5-7-9-8-6-4-2;1-2;1-4(2)3;/h7-14H,15H2,1-6H3;1H,2H3;1H2,2H3;(H2,1,2,3);1H/q;;+1;;/p-2. The molecule has 3 nitrogen and oxygen atoms in total. The molecule has 0 aliphatic rings. The quantitative estimate of drug-likeness (QED) is 0.263. The summed E-state index contributed by atoms with van der Waals surface area (Å²) in [5.74, 6) is 17.0. The summed E-state index contributed by atoms with van der Waals surface area (Å²) in [7, 11) is 0. The molecule has 0 radical (unpaired) electrons. The molecule has 0 heterocycles. The monoisotopic (exact) mass is 503 g/mol. The van der Waals surface area contributed by atoms with Crippen molar-refractivity contribution in [2.24, 2.45) is 0 Å². The van der Waals surface area contributed by atoms with Gasteiger partial charge in [-0.3, -0.25) is 4.21 Å². The Hall–Kier alpha value is -3.38. The highest BCUT2D eigenvalue weighted by Crippen LogP contribution is 2.24. The lowest BCUT2D eigenvalue weighted by atomic mass is 9.85. The lowest BCUT2D eigenvalue weighted by Crippen LogP contribution is -2.11. The fraction of sp³-hybridized carbons (Fsp3) is 0.344. The van der Waals surface area contributed by atoms with Gasteiger partial charge >= 0.3 is 0 Å². The molecule has 0 aromatic heterocycles. The second-order valence-electron chi connectivity index (χ2n) is 9.29. The van der Waals surface area contributed by atoms with Gasteiger partial charge in [0.2, 0.25) is 0 Å². The van der Waals surface area contributed by atoms with E-state index in [1.807, 2.05) is 0 Å². The molecule has 2 rings (SSSR count). The molecule has 0 unspecified atom stereocenters. The van der Waals surface area contributed by atoms with Crippen molar-refractivity contribution in [2.45, 2.75) is 72.6 Å². The van der Waals surface area contributed by atoms with Crippen LogP contribution in [-0.4, -0.2) is 13.3 Å². The molecule has 0 saturated carbocycles. The highest BCUT2D eigenvalue weighted by molar-refractivity contribution is 7.72. The first-order chi connectivity index (χ1) is 16.8. The van der Waals surface area contributed by atoms with Crippen LogP contribution in [0.4, 0.5) is 0 Å². The van der Waals surface area contributed by atoms with E-state index in [-0.39, 0.29) is 12.3 Å². The van der Waals surface area contributed by atoms with Crippen LogP contribution < -0.4 is 0 Å². The fourth-order valence-corrected chi connectivity index (χ4v) is 2.67. The minimum Gasteiger partial charge on any atom is -0.784 e. The highest BCUT2D eigenvalue weighted by Gasteiger charge is 2.14. The van der Waals surface area contributed by atoms with Gasteiger partial charge in [-0.25, -0.2) is 0 Å². The van der Waals surface area contributed by atoms with Crippen molar-refractivity contribution in [3.63, 3.8) is 0 Å². The molecular weight excluding hydrogens is 464 g/mol. The van der Waals surface area contributed by atoms with E-state index < -0.39 is 11.4 Å². The zero-order valence-corrected chi connectivity index (χ0v) is 23.6. The molecule has 0 spiro atoms. The van der Waals surface area contributed by atoms with Crippen LogP contribution in [0.5, 0.6) is 0 Å². The number of hydrogen-bond donors (Lipinski definition) is 0. The van der Waals surface area contributed by atoms with Crippen LogP contribution in [0.2, 0.25) is 0 Å². The zero-order chi connectivity index (χ0) is 28.2. The fourth-order valence-electron chi connectivity index (χ4n) is 2.67. The molecule has 2 aromatic rings. The largest absolute Gasteiger partial charge is 0.784 e. The Morgan fingerprint density at radius 1 is 0.750 bits per heavy atom. The van der Waals surface area contributed by atoms with Gasteiger partial charge in [-0.05, 0) is 82.0 Å². The number of benzene rings is 2. The van der Waals surface area contributed by atoms with E-state index in [2.05, 4.69) is 138 Å². The summed E-state index contributed by atoms with van der Waals surface area (Å²) >= 11 is -3.11. The number of hydrogen-bond acceptors (Lipinski definition) is 3. The molecule has 4 heteroatoms. The van der Waals surface area contributed by atoms with Crippen molar-refractivity contribution in [3.05, 3.63) is 77.7 Å². The van der Waals surface area contributed by atoms with Gasteiger partial charge in [-0.1, -0.05) is 96.0 Å². The van der Waals surface area contributed by atoms with E-state index in [9.17, 15) is 0 Å². The van der Waals surface area contributed by atoms with E-state index in [0.29, 0.717) is 0 Å². The van der Waals surface area contributed by atoms with E-state index in [0.717, 1.165) is 6.42 Å². The predicted octanol–water partition coefficient (Wildman–Crippen LogP) is 6.60. The van der Waals surface area contributed by atoms with E-state index >= 15 is 0 Å². The lowest BCUT2D eigenvalue weighted by Gasteiger charge is -2.20. The van der Waals surface area contributed by atoms with Gasteiger partial charge in [0.1, 0.15) is 0 Å². The molecule has 2 aromatic carbocycles. The maximum atomic E-state index is 8.44. The van der Waals surface area contributed by atoms with Crippen molar-refractivity contribution >= 4 is 11.4 Å². The molecule has 0 atom stereocenters. The van der Waals surface area contributed by atoms with Gasteiger partial charge in [0, 0.05) is 1.43 Å². The molecule has 0 bridgehead atoms. The molecule has 0 fully saturated rings. The van der Waals surface area contributed by atoms with E-state index in [1.165, 1.54) is 22.3 Å². The summed E-state index contributed by atoms with van der Waals surface area (Å²) < 4.78 is 25.3. The summed E-state index contributed by atoms with van der Waals surface area (Å²) in [5, 5.41) is 0. The van der Waals surface area contributed by atoms with Crippen molar-refractivity contribution in [1.82, 2.24) is 0 Å². The Morgan fingerprint density at radius 2 is 1.06 bits per heavy atom. The second kappa shape index (κ2) is 18.9. The van der Waals surface area contributed by atoms with Crippen molar-refractivity contribution in [1.29, 1.82) is 0 Å². The smallest absolute Gasteiger partial charge is 0.0746 e. The maximum absolute atomic E-state index is 8.44. The van der Waals surface area contributed by atoms with Crippen molar-refractivity contribution in [2.75, 3.05) is 0 Å². The van der Waals surface area contributed by atoms with Gasteiger partial charge < -0.3 is 9.11 Å². The summed E-state index contributed by atoms with van der Waals surface area (Å²) in [6.45, 7) is 20.3. The average molecular weight is 504 g/mol. The molecule has 0 aliphatic carbocycles. The first-order valence-corrected chi connectivity index (χ1v) is 12.3. The minimum atomic E-state index is -3.11. The SMILES string of the molecule is C#CC#CC#CC#CC.CC(C)(C)c1ccc(Cc2ccc(C(C)(C)C)cc2)cc1.O=S([O-])[O-].[CH2+]C.[HH]. The van der Waals surface area contributed by atoms with Crippen LogP contribution in [0, 0.1) is 54.8 Å². The summed E-state index contributed by atoms with van der Waals surface area (Å²) in [6, 6.07) is 18.1.